The molecule has 4 heteroatoms. The van der Waals surface area contributed by atoms with Crippen molar-refractivity contribution in [2.45, 2.75) is 77.0 Å². The van der Waals surface area contributed by atoms with Crippen LogP contribution in [0.4, 0.5) is 17.1 Å². The molecular weight excluding hydrogens is 1190 g/mol. The van der Waals surface area contributed by atoms with Gasteiger partial charge in [0.1, 0.15) is 0 Å². The van der Waals surface area contributed by atoms with Crippen LogP contribution in [0.2, 0.25) is 0 Å². The second-order valence-corrected chi connectivity index (χ2v) is 29.7. The van der Waals surface area contributed by atoms with Crippen molar-refractivity contribution in [2.75, 3.05) is 4.90 Å². The molecule has 19 rings (SSSR count). The average Bonchev–Trinajstić information content (AvgIpc) is 1.52. The van der Waals surface area contributed by atoms with E-state index in [1.54, 1.807) is 0 Å². The normalized spacial score (nSPS) is 15.1. The number of rotatable bonds is 8. The highest BCUT2D eigenvalue weighted by atomic mass is 16.5. The number of pyridine rings is 2. The van der Waals surface area contributed by atoms with E-state index in [2.05, 4.69) is 321 Å². The minimum atomic E-state index is -0.262. The molecule has 4 nitrogen and oxygen atoms in total. The van der Waals surface area contributed by atoms with Crippen molar-refractivity contribution >= 4 is 17.1 Å². The smallest absolute Gasteiger partial charge is 0.152 e. The standard InChI is InChI=1S/C94H71N3O/c1-91(2)76-24-14-12-22-66(76)68-36-28-57(48-78(68)91)59-30-38-70-72-40-32-61(52-82(72)93(5,6)80(70)50-59)63-34-42-86-88(54-63)98-89-55-64(35-43-87(89)97(86)90-74(84-26-16-18-44-95-84)46-65(56-20-10-9-11-21-56)47-75(90)85-27-17-19-45-96-85)62-33-41-73-71-39-31-60(51-81(71)94(7,8)83(73)53-62)58-29-37-69-67-23-13-15-25-77(67)92(3,4)79(69)49-58/h9-55H,1-8H3. The van der Waals surface area contributed by atoms with Gasteiger partial charge in [-0.05, 0) is 242 Å². The van der Waals surface area contributed by atoms with E-state index in [-0.39, 0.29) is 21.7 Å². The molecule has 0 spiro atoms. The highest BCUT2D eigenvalue weighted by Crippen LogP contribution is 2.60. The number of benzene rings is 12. The molecule has 0 atom stereocenters. The lowest BCUT2D eigenvalue weighted by molar-refractivity contribution is 0.477. The van der Waals surface area contributed by atoms with Crippen molar-refractivity contribution in [1.29, 1.82) is 0 Å². The topological polar surface area (TPSA) is 38.2 Å². The van der Waals surface area contributed by atoms with Crippen molar-refractivity contribution in [1.82, 2.24) is 9.97 Å². The van der Waals surface area contributed by atoms with Gasteiger partial charge in [0.25, 0.3) is 0 Å². The molecule has 12 aromatic carbocycles. The summed E-state index contributed by atoms with van der Waals surface area (Å²) in [5.41, 5.74) is 38.8. The largest absolute Gasteiger partial charge is 0.453 e. The molecule has 3 heterocycles. The second kappa shape index (κ2) is 21.0. The van der Waals surface area contributed by atoms with Crippen molar-refractivity contribution in [3.63, 3.8) is 0 Å². The third-order valence-corrected chi connectivity index (χ3v) is 22.8. The molecule has 5 aliphatic rings. The summed E-state index contributed by atoms with van der Waals surface area (Å²) in [7, 11) is 0. The molecular formula is C94H71N3O. The van der Waals surface area contributed by atoms with E-state index in [1.165, 1.54) is 111 Å². The van der Waals surface area contributed by atoms with Crippen LogP contribution in [0.25, 0.3) is 123 Å². The molecule has 0 unspecified atom stereocenters. The second-order valence-electron chi connectivity index (χ2n) is 29.7. The van der Waals surface area contributed by atoms with Gasteiger partial charge in [-0.25, -0.2) is 0 Å². The lowest BCUT2D eigenvalue weighted by Gasteiger charge is -2.36. The van der Waals surface area contributed by atoms with Gasteiger partial charge < -0.3 is 9.64 Å². The Kier molecular flexibility index (Phi) is 12.4. The molecule has 0 radical (unpaired) electrons. The molecule has 0 amide bonds. The van der Waals surface area contributed by atoms with E-state index in [0.717, 1.165) is 84.5 Å². The first-order valence-electron chi connectivity index (χ1n) is 34.5. The Hall–Kier alpha value is -11.5. The summed E-state index contributed by atoms with van der Waals surface area (Å²) in [6.45, 7) is 19.0. The quantitative estimate of drug-likeness (QED) is 0.152. The first kappa shape index (κ1) is 57.9. The van der Waals surface area contributed by atoms with Gasteiger partial charge in [0.2, 0.25) is 0 Å². The fraction of sp³-hybridized carbons (Fsp3) is 0.128. The maximum atomic E-state index is 7.46. The minimum absolute atomic E-state index is 0.0749. The summed E-state index contributed by atoms with van der Waals surface area (Å²) in [6.07, 6.45) is 3.78. The molecule has 4 aliphatic carbocycles. The SMILES string of the molecule is CC1(C)c2ccccc2-c2ccc(-c3ccc4c(c3)C(C)(C)c3cc(-c5ccc6c(c5)Oc5cc(-c7ccc8c(c7)C(C)(C)c7cc(-c9ccc%10c(c9)C(C)(C)c9ccccc9-%10)ccc7-8)ccc5N6c5c(-c6ccccn6)cc(-c6ccccc6)cc5-c5ccccn5)ccc3-4)cc21. The molecule has 0 fully saturated rings. The lowest BCUT2D eigenvalue weighted by atomic mass is 9.80. The monoisotopic (exact) mass is 1260 g/mol. The third kappa shape index (κ3) is 8.56. The Morgan fingerprint density at radius 1 is 0.235 bits per heavy atom. The maximum Gasteiger partial charge on any atom is 0.152 e. The molecule has 1 aliphatic heterocycles. The van der Waals surface area contributed by atoms with Crippen LogP contribution >= 0.6 is 0 Å². The predicted molar refractivity (Wildman–Crippen MR) is 405 cm³/mol. The van der Waals surface area contributed by atoms with Gasteiger partial charge in [0.15, 0.2) is 11.5 Å². The summed E-state index contributed by atoms with van der Waals surface area (Å²) in [4.78, 5) is 12.6. The summed E-state index contributed by atoms with van der Waals surface area (Å²) < 4.78 is 7.46. The molecule has 2 aromatic heterocycles. The van der Waals surface area contributed by atoms with Crippen molar-refractivity contribution in [3.05, 3.63) is 330 Å². The highest BCUT2D eigenvalue weighted by Gasteiger charge is 2.41. The molecule has 98 heavy (non-hydrogen) atoms. The zero-order valence-electron chi connectivity index (χ0n) is 56.4. The molecule has 468 valence electrons. The van der Waals surface area contributed by atoms with Gasteiger partial charge in [-0.1, -0.05) is 231 Å². The Labute approximate surface area is 574 Å². The van der Waals surface area contributed by atoms with Crippen LogP contribution in [0.15, 0.2) is 285 Å². The number of nitrogens with zero attached hydrogens (tertiary/aromatic N) is 3. The van der Waals surface area contributed by atoms with Gasteiger partial charge >= 0.3 is 0 Å². The van der Waals surface area contributed by atoms with E-state index in [4.69, 9.17) is 14.7 Å². The summed E-state index contributed by atoms with van der Waals surface area (Å²) in [5.74, 6) is 1.51. The van der Waals surface area contributed by atoms with E-state index in [0.29, 0.717) is 0 Å². The van der Waals surface area contributed by atoms with Crippen LogP contribution in [0, 0.1) is 0 Å². The van der Waals surface area contributed by atoms with Crippen LogP contribution in [0.5, 0.6) is 11.5 Å². The van der Waals surface area contributed by atoms with Crippen LogP contribution in [-0.4, -0.2) is 9.97 Å². The van der Waals surface area contributed by atoms with Crippen LogP contribution in [-0.2, 0) is 21.7 Å². The van der Waals surface area contributed by atoms with Crippen molar-refractivity contribution in [2.24, 2.45) is 0 Å². The number of hydrogen-bond donors (Lipinski definition) is 0. The lowest BCUT2D eigenvalue weighted by Crippen LogP contribution is -2.18. The van der Waals surface area contributed by atoms with Gasteiger partial charge in [-0.3, -0.25) is 9.97 Å². The number of aromatic nitrogens is 2. The molecule has 0 saturated heterocycles. The fourth-order valence-electron chi connectivity index (χ4n) is 17.5. The Balaban J connectivity index is 0.721. The van der Waals surface area contributed by atoms with E-state index < -0.39 is 0 Å². The first-order valence-corrected chi connectivity index (χ1v) is 34.5. The Morgan fingerprint density at radius 3 is 0.878 bits per heavy atom. The van der Waals surface area contributed by atoms with E-state index >= 15 is 0 Å². The van der Waals surface area contributed by atoms with Crippen LogP contribution in [0.3, 0.4) is 0 Å². The van der Waals surface area contributed by atoms with Crippen molar-refractivity contribution in [3.8, 4) is 134 Å². The Morgan fingerprint density at radius 2 is 0.531 bits per heavy atom. The molecule has 0 saturated carbocycles. The molecule has 0 N–H and O–H groups in total. The minimum Gasteiger partial charge on any atom is -0.453 e. The fourth-order valence-corrected chi connectivity index (χ4v) is 17.5. The van der Waals surface area contributed by atoms with Crippen molar-refractivity contribution < 1.29 is 4.74 Å². The zero-order valence-corrected chi connectivity index (χ0v) is 56.4. The maximum absolute atomic E-state index is 7.46. The summed E-state index contributed by atoms with van der Waals surface area (Å²) in [6, 6.07) is 102. The van der Waals surface area contributed by atoms with Crippen LogP contribution < -0.4 is 9.64 Å². The first-order chi connectivity index (χ1) is 47.6. The average molecular weight is 1260 g/mol. The summed E-state index contributed by atoms with van der Waals surface area (Å²) in [5, 5.41) is 0. The number of ether oxygens (including phenoxy) is 1. The van der Waals surface area contributed by atoms with E-state index in [1.807, 2.05) is 24.5 Å². The number of fused-ring (bicyclic) bond motifs is 14. The number of hydrogen-bond acceptors (Lipinski definition) is 4. The summed E-state index contributed by atoms with van der Waals surface area (Å²) >= 11 is 0. The Bertz CT molecular complexity index is 5390. The zero-order chi connectivity index (χ0) is 66.1. The molecule has 14 aromatic rings. The predicted octanol–water partition coefficient (Wildman–Crippen LogP) is 24.9. The van der Waals surface area contributed by atoms with Crippen LogP contribution in [0.1, 0.15) is 99.9 Å². The van der Waals surface area contributed by atoms with Gasteiger partial charge in [-0.15, -0.1) is 0 Å². The van der Waals surface area contributed by atoms with Gasteiger partial charge in [0, 0.05) is 45.2 Å². The number of anilines is 3. The van der Waals surface area contributed by atoms with E-state index in [9.17, 15) is 0 Å². The highest BCUT2D eigenvalue weighted by molar-refractivity contribution is 6.03. The third-order valence-electron chi connectivity index (χ3n) is 22.8. The van der Waals surface area contributed by atoms with Gasteiger partial charge in [0.05, 0.1) is 28.5 Å². The van der Waals surface area contributed by atoms with Gasteiger partial charge in [-0.2, -0.15) is 0 Å². The molecule has 0 bridgehead atoms.